The molecule has 1 N–H and O–H groups in total. The summed E-state index contributed by atoms with van der Waals surface area (Å²) < 4.78 is 0. The van der Waals surface area contributed by atoms with Crippen LogP contribution in [0.1, 0.15) is 17.3 Å². The molecule has 0 bridgehead atoms. The summed E-state index contributed by atoms with van der Waals surface area (Å²) in [4.78, 5) is 24.5. The highest BCUT2D eigenvalue weighted by Crippen LogP contribution is 2.11. The van der Waals surface area contributed by atoms with E-state index in [0.717, 1.165) is 0 Å². The molecule has 0 saturated carbocycles. The topological polar surface area (TPSA) is 49.4 Å². The maximum Gasteiger partial charge on any atom is 0.253 e. The van der Waals surface area contributed by atoms with E-state index < -0.39 is 0 Å². The van der Waals surface area contributed by atoms with Gasteiger partial charge >= 0.3 is 0 Å². The van der Waals surface area contributed by atoms with E-state index in [1.54, 1.807) is 36.2 Å². The zero-order valence-electron chi connectivity index (χ0n) is 10.1. The van der Waals surface area contributed by atoms with Gasteiger partial charge in [0.25, 0.3) is 5.91 Å². The molecule has 0 aliphatic heterocycles. The Kier molecular flexibility index (Phi) is 4.46. The van der Waals surface area contributed by atoms with Crippen LogP contribution in [0.4, 0.5) is 5.69 Å². The summed E-state index contributed by atoms with van der Waals surface area (Å²) in [5.74, 6) is -0.302. The first-order chi connectivity index (χ1) is 8.08. The van der Waals surface area contributed by atoms with Gasteiger partial charge in [0.1, 0.15) is 0 Å². The fourth-order valence-electron chi connectivity index (χ4n) is 1.25. The number of carbonyl (C=O) groups excluding carboxylic acids is 2. The number of anilines is 1. The van der Waals surface area contributed by atoms with Gasteiger partial charge in [-0.15, -0.1) is 0 Å². The minimum atomic E-state index is -0.269. The molecule has 4 nitrogen and oxygen atoms in total. The Morgan fingerprint density at radius 3 is 2.41 bits per heavy atom. The first-order valence-corrected chi connectivity index (χ1v) is 5.37. The number of carbonyl (C=O) groups is 2. The monoisotopic (exact) mass is 232 g/mol. The molecular weight excluding hydrogens is 216 g/mol. The molecule has 17 heavy (non-hydrogen) atoms. The predicted molar refractivity (Wildman–Crippen MR) is 67.9 cm³/mol. The Morgan fingerprint density at radius 2 is 1.94 bits per heavy atom. The molecule has 0 spiro atoms. The molecule has 0 aliphatic rings. The van der Waals surface area contributed by atoms with Crippen LogP contribution in [0.25, 0.3) is 0 Å². The van der Waals surface area contributed by atoms with Gasteiger partial charge < -0.3 is 10.2 Å². The molecule has 90 valence electrons. The van der Waals surface area contributed by atoms with Gasteiger partial charge in [-0.25, -0.2) is 0 Å². The quantitative estimate of drug-likeness (QED) is 0.806. The molecule has 1 rings (SSSR count). The van der Waals surface area contributed by atoms with Crippen LogP contribution in [0, 0.1) is 0 Å². The molecule has 0 fully saturated rings. The van der Waals surface area contributed by atoms with Crippen molar-refractivity contribution in [3.05, 3.63) is 42.5 Å². The van der Waals surface area contributed by atoms with Gasteiger partial charge in [-0.05, 0) is 37.3 Å². The van der Waals surface area contributed by atoms with Crippen molar-refractivity contribution in [3.63, 3.8) is 0 Å². The molecule has 0 aromatic heterocycles. The zero-order valence-corrected chi connectivity index (χ0v) is 10.1. The average Bonchev–Trinajstić information content (AvgIpc) is 2.37. The van der Waals surface area contributed by atoms with E-state index >= 15 is 0 Å². The highest BCUT2D eigenvalue weighted by molar-refractivity contribution is 5.99. The van der Waals surface area contributed by atoms with Crippen molar-refractivity contribution >= 4 is 17.5 Å². The normalized spacial score (nSPS) is 9.53. The summed E-state index contributed by atoms with van der Waals surface area (Å²) >= 11 is 0. The number of amides is 2. The predicted octanol–water partition coefficient (Wildman–Crippen LogP) is 1.90. The Morgan fingerprint density at radius 1 is 1.35 bits per heavy atom. The number of nitrogens with one attached hydrogen (secondary N) is 1. The molecule has 0 radical (unpaired) electrons. The number of benzene rings is 1. The molecule has 4 heteroatoms. The Hall–Kier alpha value is -2.10. The third-order valence-electron chi connectivity index (χ3n) is 2.41. The van der Waals surface area contributed by atoms with Crippen LogP contribution >= 0.6 is 0 Å². The van der Waals surface area contributed by atoms with Gasteiger partial charge in [-0.3, -0.25) is 9.59 Å². The van der Waals surface area contributed by atoms with Gasteiger partial charge in [0.05, 0.1) is 0 Å². The lowest BCUT2D eigenvalue weighted by Crippen LogP contribution is -2.26. The minimum absolute atomic E-state index is 0.0332. The van der Waals surface area contributed by atoms with Crippen molar-refractivity contribution in [3.8, 4) is 0 Å². The summed E-state index contributed by atoms with van der Waals surface area (Å²) in [7, 11) is 1.75. The smallest absolute Gasteiger partial charge is 0.253 e. The molecule has 1 aromatic rings. The molecule has 0 aliphatic carbocycles. The van der Waals surface area contributed by atoms with Crippen molar-refractivity contribution in [1.82, 2.24) is 4.90 Å². The number of rotatable bonds is 4. The van der Waals surface area contributed by atoms with Crippen LogP contribution in [0.2, 0.25) is 0 Å². The summed E-state index contributed by atoms with van der Waals surface area (Å²) in [5.41, 5.74) is 1.25. The molecule has 2 amide bonds. The van der Waals surface area contributed by atoms with Crippen molar-refractivity contribution in [2.75, 3.05) is 18.9 Å². The van der Waals surface area contributed by atoms with Crippen molar-refractivity contribution < 1.29 is 9.59 Å². The third-order valence-corrected chi connectivity index (χ3v) is 2.41. The minimum Gasteiger partial charge on any atom is -0.342 e. The largest absolute Gasteiger partial charge is 0.342 e. The van der Waals surface area contributed by atoms with Crippen LogP contribution in [-0.4, -0.2) is 30.3 Å². The zero-order chi connectivity index (χ0) is 12.8. The van der Waals surface area contributed by atoms with Gasteiger partial charge in [0.15, 0.2) is 0 Å². The summed E-state index contributed by atoms with van der Waals surface area (Å²) in [6.07, 6.45) is 1.20. The number of hydrogen-bond donors (Lipinski definition) is 1. The van der Waals surface area contributed by atoms with Crippen molar-refractivity contribution in [1.29, 1.82) is 0 Å². The van der Waals surface area contributed by atoms with Crippen LogP contribution < -0.4 is 5.32 Å². The SMILES string of the molecule is C=CC(=O)Nc1ccc(C(=O)N(C)CC)cc1. The third kappa shape index (κ3) is 3.45. The molecule has 0 atom stereocenters. The van der Waals surface area contributed by atoms with Crippen LogP contribution in [0.3, 0.4) is 0 Å². The second-order valence-corrected chi connectivity index (χ2v) is 3.59. The van der Waals surface area contributed by atoms with E-state index in [4.69, 9.17) is 0 Å². The van der Waals surface area contributed by atoms with Crippen molar-refractivity contribution in [2.24, 2.45) is 0 Å². The van der Waals surface area contributed by atoms with E-state index in [-0.39, 0.29) is 11.8 Å². The lowest BCUT2D eigenvalue weighted by Gasteiger charge is -2.14. The van der Waals surface area contributed by atoms with Gasteiger partial charge in [0.2, 0.25) is 5.91 Å². The summed E-state index contributed by atoms with van der Waals surface area (Å²) in [5, 5.41) is 2.62. The first-order valence-electron chi connectivity index (χ1n) is 5.37. The van der Waals surface area contributed by atoms with Crippen LogP contribution in [0.15, 0.2) is 36.9 Å². The molecule has 0 unspecified atom stereocenters. The van der Waals surface area contributed by atoms with E-state index in [2.05, 4.69) is 11.9 Å². The standard InChI is InChI=1S/C13H16N2O2/c1-4-12(16)14-11-8-6-10(7-9-11)13(17)15(3)5-2/h4,6-9H,1,5H2,2-3H3,(H,14,16). The molecule has 0 saturated heterocycles. The number of hydrogen-bond acceptors (Lipinski definition) is 2. The van der Waals surface area contributed by atoms with E-state index in [0.29, 0.717) is 17.8 Å². The van der Waals surface area contributed by atoms with E-state index in [1.165, 1.54) is 6.08 Å². The lowest BCUT2D eigenvalue weighted by molar-refractivity contribution is -0.111. The van der Waals surface area contributed by atoms with Gasteiger partial charge in [-0.2, -0.15) is 0 Å². The summed E-state index contributed by atoms with van der Waals surface area (Å²) in [6.45, 7) is 5.94. The molecular formula is C13H16N2O2. The highest BCUT2D eigenvalue weighted by atomic mass is 16.2. The van der Waals surface area contributed by atoms with Crippen molar-refractivity contribution in [2.45, 2.75) is 6.92 Å². The first kappa shape index (κ1) is 13.0. The van der Waals surface area contributed by atoms with E-state index in [1.807, 2.05) is 6.92 Å². The fraction of sp³-hybridized carbons (Fsp3) is 0.231. The highest BCUT2D eigenvalue weighted by Gasteiger charge is 2.09. The maximum atomic E-state index is 11.8. The molecule has 0 heterocycles. The Balaban J connectivity index is 2.77. The number of nitrogens with zero attached hydrogens (tertiary/aromatic N) is 1. The maximum absolute atomic E-state index is 11.8. The Labute approximate surface area is 101 Å². The summed E-state index contributed by atoms with van der Waals surface area (Å²) in [6, 6.07) is 6.76. The Bertz CT molecular complexity index is 424. The fourth-order valence-corrected chi connectivity index (χ4v) is 1.25. The second kappa shape index (κ2) is 5.84. The van der Waals surface area contributed by atoms with Gasteiger partial charge in [-0.1, -0.05) is 6.58 Å². The lowest BCUT2D eigenvalue weighted by atomic mass is 10.2. The molecule has 1 aromatic carbocycles. The van der Waals surface area contributed by atoms with Crippen LogP contribution in [-0.2, 0) is 4.79 Å². The van der Waals surface area contributed by atoms with Gasteiger partial charge in [0, 0.05) is 24.8 Å². The average molecular weight is 232 g/mol. The van der Waals surface area contributed by atoms with E-state index in [9.17, 15) is 9.59 Å². The second-order valence-electron chi connectivity index (χ2n) is 3.59. The van der Waals surface area contributed by atoms with Crippen LogP contribution in [0.5, 0.6) is 0 Å².